The second-order valence-electron chi connectivity index (χ2n) is 4.63. The highest BCUT2D eigenvalue weighted by molar-refractivity contribution is 7.09. The normalized spacial score (nSPS) is 13.6. The summed E-state index contributed by atoms with van der Waals surface area (Å²) >= 11 is 1.49. The minimum absolute atomic E-state index is 0. The largest absolute Gasteiger partial charge is 0.349 e. The van der Waals surface area contributed by atoms with Gasteiger partial charge in [-0.05, 0) is 26.4 Å². The summed E-state index contributed by atoms with van der Waals surface area (Å²) in [6.45, 7) is 2.15. The van der Waals surface area contributed by atoms with Gasteiger partial charge in [0, 0.05) is 30.9 Å². The average molecular weight is 341 g/mol. The fraction of sp³-hybridized carbons (Fsp3) is 0.667. The SMILES string of the molecule is CN(CCNC(=O)c1csc(CCN)n1)C1CC1.Cl.Cl. The highest BCUT2D eigenvalue weighted by atomic mass is 35.5. The number of thiazole rings is 1. The van der Waals surface area contributed by atoms with E-state index in [-0.39, 0.29) is 30.7 Å². The Bertz CT molecular complexity index is 412. The van der Waals surface area contributed by atoms with E-state index in [1.165, 1.54) is 24.2 Å². The van der Waals surface area contributed by atoms with Crippen LogP contribution >= 0.6 is 36.2 Å². The van der Waals surface area contributed by atoms with Gasteiger partial charge in [0.15, 0.2) is 0 Å². The second kappa shape index (κ2) is 9.52. The molecule has 1 aliphatic rings. The van der Waals surface area contributed by atoms with Crippen LogP contribution in [0.4, 0.5) is 0 Å². The first kappa shape index (κ1) is 19.6. The molecule has 1 aromatic heterocycles. The predicted molar refractivity (Wildman–Crippen MR) is 87.4 cm³/mol. The van der Waals surface area contributed by atoms with Crippen LogP contribution in [0.1, 0.15) is 28.3 Å². The lowest BCUT2D eigenvalue weighted by molar-refractivity contribution is 0.0945. The molecule has 0 spiro atoms. The Morgan fingerprint density at radius 1 is 1.55 bits per heavy atom. The fourth-order valence-electron chi connectivity index (χ4n) is 1.79. The van der Waals surface area contributed by atoms with Crippen molar-refractivity contribution in [2.24, 2.45) is 5.73 Å². The van der Waals surface area contributed by atoms with E-state index in [0.29, 0.717) is 18.8 Å². The average Bonchev–Trinajstić information content (AvgIpc) is 3.10. The van der Waals surface area contributed by atoms with Crippen molar-refractivity contribution in [3.63, 3.8) is 0 Å². The van der Waals surface area contributed by atoms with Gasteiger partial charge in [-0.1, -0.05) is 0 Å². The monoisotopic (exact) mass is 340 g/mol. The predicted octanol–water partition coefficient (Wildman–Crippen LogP) is 1.31. The van der Waals surface area contributed by atoms with Crippen LogP contribution in [0.2, 0.25) is 0 Å². The number of hydrogen-bond acceptors (Lipinski definition) is 5. The van der Waals surface area contributed by atoms with E-state index >= 15 is 0 Å². The maximum Gasteiger partial charge on any atom is 0.270 e. The van der Waals surface area contributed by atoms with Crippen molar-refractivity contribution < 1.29 is 4.79 Å². The number of carbonyl (C=O) groups excluding carboxylic acids is 1. The van der Waals surface area contributed by atoms with E-state index in [1.54, 1.807) is 5.38 Å². The van der Waals surface area contributed by atoms with Gasteiger partial charge in [0.1, 0.15) is 5.69 Å². The summed E-state index contributed by atoms with van der Waals surface area (Å²) in [5.74, 6) is -0.0845. The van der Waals surface area contributed by atoms with Gasteiger partial charge in [-0.3, -0.25) is 4.79 Å². The van der Waals surface area contributed by atoms with Crippen LogP contribution < -0.4 is 11.1 Å². The Morgan fingerprint density at radius 2 is 2.25 bits per heavy atom. The van der Waals surface area contributed by atoms with Crippen LogP contribution in [0, 0.1) is 0 Å². The molecule has 0 aliphatic heterocycles. The van der Waals surface area contributed by atoms with Crippen molar-refractivity contribution in [2.75, 3.05) is 26.7 Å². The molecule has 1 amide bonds. The maximum absolute atomic E-state index is 11.8. The third kappa shape index (κ3) is 5.93. The van der Waals surface area contributed by atoms with E-state index in [2.05, 4.69) is 22.2 Å². The van der Waals surface area contributed by atoms with Crippen molar-refractivity contribution in [3.8, 4) is 0 Å². The summed E-state index contributed by atoms with van der Waals surface area (Å²) in [5, 5.41) is 5.63. The fourth-order valence-corrected chi connectivity index (χ4v) is 2.58. The number of nitrogens with two attached hydrogens (primary N) is 1. The summed E-state index contributed by atoms with van der Waals surface area (Å²) in [4.78, 5) is 18.4. The van der Waals surface area contributed by atoms with E-state index in [4.69, 9.17) is 5.73 Å². The Kier molecular flexibility index (Phi) is 9.33. The summed E-state index contributed by atoms with van der Waals surface area (Å²) in [6, 6.07) is 0.734. The van der Waals surface area contributed by atoms with E-state index in [0.717, 1.165) is 24.0 Å². The molecule has 3 N–H and O–H groups in total. The second-order valence-corrected chi connectivity index (χ2v) is 5.58. The van der Waals surface area contributed by atoms with Gasteiger partial charge in [-0.2, -0.15) is 0 Å². The molecule has 1 fully saturated rings. The van der Waals surface area contributed by atoms with Crippen LogP contribution in [-0.2, 0) is 6.42 Å². The molecule has 0 atom stereocenters. The Balaban J connectivity index is 0.00000180. The zero-order valence-corrected chi connectivity index (χ0v) is 14.0. The molecular weight excluding hydrogens is 319 g/mol. The molecule has 5 nitrogen and oxygen atoms in total. The van der Waals surface area contributed by atoms with Crippen LogP contribution in [0.15, 0.2) is 5.38 Å². The summed E-state index contributed by atoms with van der Waals surface area (Å²) in [6.07, 6.45) is 3.32. The van der Waals surface area contributed by atoms with Crippen molar-refractivity contribution in [3.05, 3.63) is 16.1 Å². The van der Waals surface area contributed by atoms with Gasteiger partial charge in [0.2, 0.25) is 0 Å². The number of rotatable bonds is 7. The molecule has 0 radical (unpaired) electrons. The number of aromatic nitrogens is 1. The van der Waals surface area contributed by atoms with Crippen LogP contribution in [-0.4, -0.2) is 48.5 Å². The van der Waals surface area contributed by atoms with Crippen LogP contribution in [0.3, 0.4) is 0 Å². The van der Waals surface area contributed by atoms with Gasteiger partial charge in [0.25, 0.3) is 5.91 Å². The quantitative estimate of drug-likeness (QED) is 0.785. The number of nitrogens with one attached hydrogen (secondary N) is 1. The van der Waals surface area contributed by atoms with Crippen molar-refractivity contribution in [2.45, 2.75) is 25.3 Å². The molecule has 1 aliphatic carbocycles. The van der Waals surface area contributed by atoms with Gasteiger partial charge in [-0.25, -0.2) is 4.98 Å². The minimum Gasteiger partial charge on any atom is -0.349 e. The minimum atomic E-state index is -0.0845. The van der Waals surface area contributed by atoms with E-state index in [1.807, 2.05) is 0 Å². The summed E-state index contributed by atoms with van der Waals surface area (Å²) < 4.78 is 0. The molecule has 8 heteroatoms. The molecule has 0 unspecified atom stereocenters. The molecular formula is C12H22Cl2N4OS. The number of halogens is 2. The number of carbonyl (C=O) groups is 1. The van der Waals surface area contributed by atoms with Crippen molar-refractivity contribution in [1.29, 1.82) is 0 Å². The molecule has 1 heterocycles. The highest BCUT2D eigenvalue weighted by Crippen LogP contribution is 2.24. The van der Waals surface area contributed by atoms with Crippen LogP contribution in [0.5, 0.6) is 0 Å². The molecule has 2 rings (SSSR count). The maximum atomic E-state index is 11.8. The van der Waals surface area contributed by atoms with Gasteiger partial charge >= 0.3 is 0 Å². The molecule has 20 heavy (non-hydrogen) atoms. The van der Waals surface area contributed by atoms with Gasteiger partial charge in [0.05, 0.1) is 5.01 Å². The molecule has 0 aromatic carbocycles. The first-order chi connectivity index (χ1) is 8.70. The lowest BCUT2D eigenvalue weighted by Crippen LogP contribution is -2.34. The van der Waals surface area contributed by atoms with E-state index in [9.17, 15) is 4.79 Å². The molecule has 0 saturated heterocycles. The van der Waals surface area contributed by atoms with Crippen molar-refractivity contribution in [1.82, 2.24) is 15.2 Å². The Labute approximate surface area is 136 Å². The zero-order chi connectivity index (χ0) is 13.0. The lowest BCUT2D eigenvalue weighted by Gasteiger charge is -2.15. The van der Waals surface area contributed by atoms with Crippen molar-refractivity contribution >= 4 is 42.1 Å². The summed E-state index contributed by atoms with van der Waals surface area (Å²) in [5.41, 5.74) is 5.97. The molecule has 116 valence electrons. The highest BCUT2D eigenvalue weighted by Gasteiger charge is 2.25. The summed E-state index contributed by atoms with van der Waals surface area (Å²) in [7, 11) is 2.10. The topological polar surface area (TPSA) is 71.2 Å². The Hall–Kier alpha value is -0.400. The van der Waals surface area contributed by atoms with E-state index < -0.39 is 0 Å². The Morgan fingerprint density at radius 3 is 2.85 bits per heavy atom. The zero-order valence-electron chi connectivity index (χ0n) is 11.5. The smallest absolute Gasteiger partial charge is 0.270 e. The molecule has 1 saturated carbocycles. The lowest BCUT2D eigenvalue weighted by atomic mass is 10.4. The standard InChI is InChI=1S/C12H20N4OS.2ClH/c1-16(9-2-3-9)7-6-14-12(17)10-8-18-11(15-10)4-5-13;;/h8-9H,2-7,13H2,1H3,(H,14,17);2*1H. The number of likely N-dealkylation sites (N-methyl/N-ethyl adjacent to an activating group) is 1. The number of hydrogen-bond donors (Lipinski definition) is 2. The molecule has 0 bridgehead atoms. The van der Waals surface area contributed by atoms with Gasteiger partial charge < -0.3 is 16.0 Å². The third-order valence-electron chi connectivity index (χ3n) is 3.06. The molecule has 1 aromatic rings. The van der Waals surface area contributed by atoms with Crippen LogP contribution in [0.25, 0.3) is 0 Å². The number of nitrogens with zero attached hydrogens (tertiary/aromatic N) is 2. The third-order valence-corrected chi connectivity index (χ3v) is 3.97. The first-order valence-electron chi connectivity index (χ1n) is 6.33. The van der Waals surface area contributed by atoms with Gasteiger partial charge in [-0.15, -0.1) is 36.2 Å². The first-order valence-corrected chi connectivity index (χ1v) is 7.21. The number of amides is 1.